The van der Waals surface area contributed by atoms with Gasteiger partial charge in [-0.2, -0.15) is 0 Å². The van der Waals surface area contributed by atoms with Crippen molar-refractivity contribution in [3.05, 3.63) is 11.1 Å². The second-order valence-electron chi connectivity index (χ2n) is 5.67. The molecule has 1 fully saturated rings. The van der Waals surface area contributed by atoms with E-state index in [1.807, 2.05) is 0 Å². The molecule has 1 heterocycles. The van der Waals surface area contributed by atoms with Gasteiger partial charge < -0.3 is 10.1 Å². The van der Waals surface area contributed by atoms with Crippen LogP contribution in [0, 0.1) is 0 Å². The molecule has 1 aliphatic carbocycles. The van der Waals surface area contributed by atoms with Gasteiger partial charge in [-0.1, -0.05) is 0 Å². The SMILES string of the molecule is CCOC(=O)Cc1csc(NC(=O)CN(C(C)C)C2CC2)n1. The van der Waals surface area contributed by atoms with E-state index in [0.29, 0.717) is 36.1 Å². The summed E-state index contributed by atoms with van der Waals surface area (Å²) in [7, 11) is 0. The van der Waals surface area contributed by atoms with E-state index in [2.05, 4.69) is 29.0 Å². The van der Waals surface area contributed by atoms with Gasteiger partial charge in [0.2, 0.25) is 5.91 Å². The fourth-order valence-corrected chi connectivity index (χ4v) is 3.00. The summed E-state index contributed by atoms with van der Waals surface area (Å²) in [4.78, 5) is 30.0. The normalized spacial score (nSPS) is 14.4. The molecule has 0 bridgehead atoms. The fraction of sp³-hybridized carbons (Fsp3) is 0.667. The van der Waals surface area contributed by atoms with Crippen LogP contribution in [-0.4, -0.2) is 47.0 Å². The number of rotatable bonds is 8. The van der Waals surface area contributed by atoms with Crippen LogP contribution in [-0.2, 0) is 20.7 Å². The van der Waals surface area contributed by atoms with Gasteiger partial charge in [0.05, 0.1) is 25.3 Å². The molecule has 2 rings (SSSR count). The van der Waals surface area contributed by atoms with Crippen molar-refractivity contribution in [3.63, 3.8) is 0 Å². The van der Waals surface area contributed by atoms with Crippen molar-refractivity contribution >= 4 is 28.3 Å². The maximum Gasteiger partial charge on any atom is 0.311 e. The van der Waals surface area contributed by atoms with E-state index in [1.165, 1.54) is 24.2 Å². The summed E-state index contributed by atoms with van der Waals surface area (Å²) in [6.45, 7) is 6.72. The molecule has 1 saturated carbocycles. The van der Waals surface area contributed by atoms with Gasteiger partial charge in [-0.3, -0.25) is 14.5 Å². The predicted molar refractivity (Wildman–Crippen MR) is 85.9 cm³/mol. The molecular formula is C15H23N3O3S. The van der Waals surface area contributed by atoms with Crippen LogP contribution in [0.25, 0.3) is 0 Å². The Bertz CT molecular complexity index is 524. The van der Waals surface area contributed by atoms with E-state index in [4.69, 9.17) is 4.74 Å². The molecule has 1 aliphatic rings. The van der Waals surface area contributed by atoms with Gasteiger partial charge in [-0.05, 0) is 33.6 Å². The number of anilines is 1. The first-order chi connectivity index (χ1) is 10.5. The summed E-state index contributed by atoms with van der Waals surface area (Å²) in [5, 5.41) is 5.11. The fourth-order valence-electron chi connectivity index (χ4n) is 2.27. The first-order valence-electron chi connectivity index (χ1n) is 7.65. The zero-order valence-corrected chi connectivity index (χ0v) is 14.1. The Morgan fingerprint density at radius 3 is 2.82 bits per heavy atom. The maximum atomic E-state index is 12.1. The Labute approximate surface area is 134 Å². The molecule has 0 saturated heterocycles. The Balaban J connectivity index is 1.84. The average molecular weight is 325 g/mol. The second-order valence-corrected chi connectivity index (χ2v) is 6.53. The third-order valence-corrected chi connectivity index (χ3v) is 4.24. The Morgan fingerprint density at radius 1 is 1.50 bits per heavy atom. The van der Waals surface area contributed by atoms with Crippen molar-refractivity contribution in [3.8, 4) is 0 Å². The van der Waals surface area contributed by atoms with Crippen LogP contribution in [0.15, 0.2) is 5.38 Å². The highest BCUT2D eigenvalue weighted by atomic mass is 32.1. The Kier molecular flexibility index (Phi) is 5.90. The maximum absolute atomic E-state index is 12.1. The molecule has 0 radical (unpaired) electrons. The highest BCUT2D eigenvalue weighted by Crippen LogP contribution is 2.28. The Hall–Kier alpha value is -1.47. The molecule has 0 atom stereocenters. The van der Waals surface area contributed by atoms with E-state index < -0.39 is 0 Å². The van der Waals surface area contributed by atoms with Crippen LogP contribution in [0.4, 0.5) is 5.13 Å². The van der Waals surface area contributed by atoms with Crippen molar-refractivity contribution in [2.45, 2.75) is 52.1 Å². The molecule has 1 aromatic rings. The molecule has 1 N–H and O–H groups in total. The minimum atomic E-state index is -0.301. The lowest BCUT2D eigenvalue weighted by Crippen LogP contribution is -2.39. The van der Waals surface area contributed by atoms with Crippen LogP contribution in [0.1, 0.15) is 39.3 Å². The van der Waals surface area contributed by atoms with Crippen LogP contribution in [0.3, 0.4) is 0 Å². The van der Waals surface area contributed by atoms with Gasteiger partial charge >= 0.3 is 5.97 Å². The molecule has 7 heteroatoms. The lowest BCUT2D eigenvalue weighted by Gasteiger charge is -2.25. The van der Waals surface area contributed by atoms with Gasteiger partial charge in [0.25, 0.3) is 0 Å². The summed E-state index contributed by atoms with van der Waals surface area (Å²) in [6.07, 6.45) is 2.49. The van der Waals surface area contributed by atoms with E-state index in [9.17, 15) is 9.59 Å². The van der Waals surface area contributed by atoms with Crippen LogP contribution in [0.5, 0.6) is 0 Å². The minimum absolute atomic E-state index is 0.0577. The lowest BCUT2D eigenvalue weighted by molar-refractivity contribution is -0.142. The molecule has 22 heavy (non-hydrogen) atoms. The second kappa shape index (κ2) is 7.69. The number of thiazole rings is 1. The van der Waals surface area contributed by atoms with Crippen LogP contribution >= 0.6 is 11.3 Å². The van der Waals surface area contributed by atoms with Crippen LogP contribution < -0.4 is 5.32 Å². The summed E-state index contributed by atoms with van der Waals surface area (Å²) in [5.41, 5.74) is 0.627. The molecule has 0 unspecified atom stereocenters. The molecular weight excluding hydrogens is 302 g/mol. The number of aromatic nitrogens is 1. The third-order valence-electron chi connectivity index (χ3n) is 3.43. The van der Waals surface area contributed by atoms with E-state index in [0.717, 1.165) is 0 Å². The molecule has 122 valence electrons. The topological polar surface area (TPSA) is 71.5 Å². The Morgan fingerprint density at radius 2 is 2.23 bits per heavy atom. The zero-order valence-electron chi connectivity index (χ0n) is 13.3. The summed E-state index contributed by atoms with van der Waals surface area (Å²) < 4.78 is 4.88. The number of hydrogen-bond donors (Lipinski definition) is 1. The molecule has 0 aliphatic heterocycles. The van der Waals surface area contributed by atoms with E-state index in [-0.39, 0.29) is 18.3 Å². The number of nitrogens with one attached hydrogen (secondary N) is 1. The van der Waals surface area contributed by atoms with Gasteiger partial charge in [-0.25, -0.2) is 4.98 Å². The molecule has 1 aromatic heterocycles. The summed E-state index contributed by atoms with van der Waals surface area (Å²) >= 11 is 1.33. The predicted octanol–water partition coefficient (Wildman–Crippen LogP) is 2.06. The third kappa shape index (κ3) is 5.06. The van der Waals surface area contributed by atoms with Gasteiger partial charge in [0.15, 0.2) is 5.13 Å². The van der Waals surface area contributed by atoms with Crippen molar-refractivity contribution in [2.24, 2.45) is 0 Å². The quantitative estimate of drug-likeness (QED) is 0.741. The van der Waals surface area contributed by atoms with E-state index >= 15 is 0 Å². The highest BCUT2D eigenvalue weighted by Gasteiger charge is 2.31. The van der Waals surface area contributed by atoms with E-state index in [1.54, 1.807) is 12.3 Å². The molecule has 0 spiro atoms. The number of amides is 1. The van der Waals surface area contributed by atoms with Crippen molar-refractivity contribution < 1.29 is 14.3 Å². The first-order valence-corrected chi connectivity index (χ1v) is 8.53. The van der Waals surface area contributed by atoms with Gasteiger partial charge in [0, 0.05) is 17.5 Å². The largest absolute Gasteiger partial charge is 0.466 e. The van der Waals surface area contributed by atoms with Crippen molar-refractivity contribution in [1.82, 2.24) is 9.88 Å². The molecule has 0 aromatic carbocycles. The minimum Gasteiger partial charge on any atom is -0.466 e. The number of ether oxygens (including phenoxy) is 1. The average Bonchev–Trinajstić information content (AvgIpc) is 3.18. The van der Waals surface area contributed by atoms with Crippen LogP contribution in [0.2, 0.25) is 0 Å². The van der Waals surface area contributed by atoms with Crippen molar-refractivity contribution in [1.29, 1.82) is 0 Å². The lowest BCUT2D eigenvalue weighted by atomic mass is 10.3. The van der Waals surface area contributed by atoms with Crippen molar-refractivity contribution in [2.75, 3.05) is 18.5 Å². The smallest absolute Gasteiger partial charge is 0.311 e. The first kappa shape index (κ1) is 16.9. The highest BCUT2D eigenvalue weighted by molar-refractivity contribution is 7.13. The molecule has 1 amide bonds. The number of hydrogen-bond acceptors (Lipinski definition) is 6. The number of carbonyl (C=O) groups excluding carboxylic acids is 2. The monoisotopic (exact) mass is 325 g/mol. The summed E-state index contributed by atoms with van der Waals surface area (Å²) in [6, 6.07) is 0.898. The van der Waals surface area contributed by atoms with Gasteiger partial charge in [0.1, 0.15) is 0 Å². The number of esters is 1. The zero-order chi connectivity index (χ0) is 16.1. The molecule has 6 nitrogen and oxygen atoms in total. The van der Waals surface area contributed by atoms with Gasteiger partial charge in [-0.15, -0.1) is 11.3 Å². The standard InChI is InChI=1S/C15H23N3O3S/c1-4-21-14(20)7-11-9-22-15(16-11)17-13(19)8-18(10(2)3)12-5-6-12/h9-10,12H,4-8H2,1-3H3,(H,16,17,19). The summed E-state index contributed by atoms with van der Waals surface area (Å²) in [5.74, 6) is -0.358. The number of nitrogens with zero attached hydrogens (tertiary/aromatic N) is 2. The number of carbonyl (C=O) groups is 2.